The van der Waals surface area contributed by atoms with E-state index in [-0.39, 0.29) is 24.5 Å². The molecule has 0 radical (unpaired) electrons. The highest BCUT2D eigenvalue weighted by molar-refractivity contribution is 5.82. The second-order valence-electron chi connectivity index (χ2n) is 5.91. The maximum atomic E-state index is 12.1. The summed E-state index contributed by atoms with van der Waals surface area (Å²) in [6.45, 7) is 5.69. The van der Waals surface area contributed by atoms with Crippen molar-refractivity contribution < 1.29 is 5.11 Å². The lowest BCUT2D eigenvalue weighted by Gasteiger charge is -2.10. The molecule has 25 heavy (non-hydrogen) atoms. The third-order valence-corrected chi connectivity index (χ3v) is 4.17. The van der Waals surface area contributed by atoms with Crippen LogP contribution in [0.3, 0.4) is 0 Å². The summed E-state index contributed by atoms with van der Waals surface area (Å²) in [5, 5.41) is 13.0. The van der Waals surface area contributed by atoms with Crippen molar-refractivity contribution in [2.75, 3.05) is 11.9 Å². The molecular formula is C18H21N5O2. The van der Waals surface area contributed by atoms with Crippen LogP contribution in [0.4, 0.5) is 11.9 Å². The predicted molar refractivity (Wildman–Crippen MR) is 97.3 cm³/mol. The van der Waals surface area contributed by atoms with Crippen molar-refractivity contribution in [3.05, 3.63) is 51.1 Å². The third kappa shape index (κ3) is 3.51. The van der Waals surface area contributed by atoms with Gasteiger partial charge in [-0.1, -0.05) is 13.0 Å². The van der Waals surface area contributed by atoms with Gasteiger partial charge in [0.05, 0.1) is 16.9 Å². The average Bonchev–Trinajstić information content (AvgIpc) is 2.58. The quantitative estimate of drug-likeness (QED) is 0.658. The molecule has 3 rings (SSSR count). The van der Waals surface area contributed by atoms with Crippen LogP contribution >= 0.6 is 0 Å². The van der Waals surface area contributed by atoms with E-state index in [1.807, 2.05) is 19.1 Å². The van der Waals surface area contributed by atoms with E-state index < -0.39 is 0 Å². The van der Waals surface area contributed by atoms with E-state index in [1.54, 1.807) is 6.92 Å². The number of aryl methyl sites for hydroxylation is 3. The molecule has 3 N–H and O–H groups in total. The summed E-state index contributed by atoms with van der Waals surface area (Å²) >= 11 is 0. The van der Waals surface area contributed by atoms with Crippen LogP contribution in [0.2, 0.25) is 0 Å². The molecule has 0 aliphatic rings. The topological polar surface area (TPSA) is 104 Å². The lowest BCUT2D eigenvalue weighted by atomic mass is 10.1. The predicted octanol–water partition coefficient (Wildman–Crippen LogP) is 2.17. The number of hydrogen-bond donors (Lipinski definition) is 3. The Morgan fingerprint density at radius 3 is 2.64 bits per heavy atom. The van der Waals surface area contributed by atoms with Crippen molar-refractivity contribution in [2.45, 2.75) is 33.6 Å². The zero-order chi connectivity index (χ0) is 18.0. The molecule has 7 heteroatoms. The van der Waals surface area contributed by atoms with Crippen molar-refractivity contribution in [3.8, 4) is 0 Å². The Hall–Kier alpha value is -2.80. The molecule has 7 nitrogen and oxygen atoms in total. The molecule has 0 unspecified atom stereocenters. The van der Waals surface area contributed by atoms with Gasteiger partial charge >= 0.3 is 0 Å². The minimum Gasteiger partial charge on any atom is -0.396 e. The number of aromatic amines is 1. The summed E-state index contributed by atoms with van der Waals surface area (Å²) in [6.07, 6.45) is 1.24. The number of anilines is 2. The maximum absolute atomic E-state index is 12.1. The molecule has 2 heterocycles. The zero-order valence-corrected chi connectivity index (χ0v) is 14.6. The first-order valence-corrected chi connectivity index (χ1v) is 8.26. The van der Waals surface area contributed by atoms with Crippen molar-refractivity contribution in [3.63, 3.8) is 0 Å². The van der Waals surface area contributed by atoms with Crippen molar-refractivity contribution in [1.82, 2.24) is 19.9 Å². The van der Waals surface area contributed by atoms with Crippen LogP contribution in [0, 0.1) is 13.8 Å². The Labute approximate surface area is 145 Å². The normalized spacial score (nSPS) is 11.0. The van der Waals surface area contributed by atoms with Gasteiger partial charge in [-0.15, -0.1) is 0 Å². The van der Waals surface area contributed by atoms with Gasteiger partial charge in [0.15, 0.2) is 0 Å². The molecule has 0 aliphatic heterocycles. The van der Waals surface area contributed by atoms with E-state index in [9.17, 15) is 4.79 Å². The summed E-state index contributed by atoms with van der Waals surface area (Å²) in [5.74, 6) is 0.667. The maximum Gasteiger partial charge on any atom is 0.255 e. The zero-order valence-electron chi connectivity index (χ0n) is 14.6. The van der Waals surface area contributed by atoms with Gasteiger partial charge in [0.25, 0.3) is 5.56 Å². The van der Waals surface area contributed by atoms with Crippen molar-refractivity contribution in [2.24, 2.45) is 0 Å². The lowest BCUT2D eigenvalue weighted by Crippen LogP contribution is -2.19. The minimum absolute atomic E-state index is 0.0922. The first-order chi connectivity index (χ1) is 12.0. The van der Waals surface area contributed by atoms with E-state index in [1.165, 1.54) is 5.56 Å². The van der Waals surface area contributed by atoms with Gasteiger partial charge < -0.3 is 5.11 Å². The molecule has 0 saturated heterocycles. The van der Waals surface area contributed by atoms with Crippen LogP contribution in [0.5, 0.6) is 0 Å². The molecule has 1 aromatic carbocycles. The third-order valence-electron chi connectivity index (χ3n) is 4.17. The first kappa shape index (κ1) is 17.0. The van der Waals surface area contributed by atoms with Crippen LogP contribution < -0.4 is 10.9 Å². The number of nitrogens with one attached hydrogen (secondary N) is 2. The molecule has 0 saturated carbocycles. The fourth-order valence-corrected chi connectivity index (χ4v) is 2.79. The standard InChI is InChI=1S/C18H21N5O2/c1-4-12-5-6-15-14(9-12)11(3)20-17(21-15)23-18-19-10(2)13(7-8-24)16(25)22-18/h5-6,9,24H,4,7-8H2,1-3H3,(H2,19,20,21,22,23,25). The molecule has 0 atom stereocenters. The van der Waals surface area contributed by atoms with Crippen LogP contribution in [-0.4, -0.2) is 31.6 Å². The van der Waals surface area contributed by atoms with Crippen LogP contribution in [-0.2, 0) is 12.8 Å². The summed E-state index contributed by atoms with van der Waals surface area (Å²) < 4.78 is 0. The van der Waals surface area contributed by atoms with E-state index in [2.05, 4.69) is 38.2 Å². The fraction of sp³-hybridized carbons (Fsp3) is 0.333. The van der Waals surface area contributed by atoms with Gasteiger partial charge in [0, 0.05) is 24.0 Å². The van der Waals surface area contributed by atoms with Crippen molar-refractivity contribution >= 4 is 22.8 Å². The second kappa shape index (κ2) is 6.98. The number of fused-ring (bicyclic) bond motifs is 1. The molecule has 0 aliphatic carbocycles. The van der Waals surface area contributed by atoms with Crippen LogP contribution in [0.15, 0.2) is 23.0 Å². The van der Waals surface area contributed by atoms with Crippen LogP contribution in [0.25, 0.3) is 10.9 Å². The number of nitrogens with zero attached hydrogens (tertiary/aromatic N) is 3. The number of hydrogen-bond acceptors (Lipinski definition) is 6. The number of aromatic nitrogens is 4. The molecule has 2 aromatic heterocycles. The van der Waals surface area contributed by atoms with E-state index in [0.717, 1.165) is 23.0 Å². The van der Waals surface area contributed by atoms with Gasteiger partial charge in [-0.2, -0.15) is 0 Å². The molecule has 0 amide bonds. The average molecular weight is 339 g/mol. The van der Waals surface area contributed by atoms with E-state index >= 15 is 0 Å². The number of aliphatic hydroxyl groups is 1. The summed E-state index contributed by atoms with van der Waals surface area (Å²) in [7, 11) is 0. The highest BCUT2D eigenvalue weighted by Gasteiger charge is 2.10. The Morgan fingerprint density at radius 1 is 1.16 bits per heavy atom. The van der Waals surface area contributed by atoms with Gasteiger partial charge in [0.1, 0.15) is 0 Å². The van der Waals surface area contributed by atoms with Crippen molar-refractivity contribution in [1.29, 1.82) is 0 Å². The largest absolute Gasteiger partial charge is 0.396 e. The Bertz CT molecular complexity index is 981. The number of rotatable bonds is 5. The molecular weight excluding hydrogens is 318 g/mol. The Morgan fingerprint density at radius 2 is 1.96 bits per heavy atom. The fourth-order valence-electron chi connectivity index (χ4n) is 2.79. The Balaban J connectivity index is 1.97. The van der Waals surface area contributed by atoms with Crippen LogP contribution in [0.1, 0.15) is 29.4 Å². The number of H-pyrrole nitrogens is 1. The van der Waals surface area contributed by atoms with E-state index in [4.69, 9.17) is 5.11 Å². The van der Waals surface area contributed by atoms with E-state index in [0.29, 0.717) is 17.2 Å². The molecule has 0 bridgehead atoms. The molecule has 0 fully saturated rings. The molecule has 0 spiro atoms. The van der Waals surface area contributed by atoms with Gasteiger partial charge in [-0.3, -0.25) is 15.1 Å². The molecule has 3 aromatic rings. The first-order valence-electron chi connectivity index (χ1n) is 8.26. The summed E-state index contributed by atoms with van der Waals surface area (Å²) in [5.41, 5.74) is 3.72. The van der Waals surface area contributed by atoms with Gasteiger partial charge in [-0.05, 0) is 38.0 Å². The highest BCUT2D eigenvalue weighted by Crippen LogP contribution is 2.20. The Kier molecular flexibility index (Phi) is 4.76. The van der Waals surface area contributed by atoms with Gasteiger partial charge in [0.2, 0.25) is 11.9 Å². The number of benzene rings is 1. The second-order valence-corrected chi connectivity index (χ2v) is 5.91. The highest BCUT2D eigenvalue weighted by atomic mass is 16.3. The minimum atomic E-state index is -0.269. The smallest absolute Gasteiger partial charge is 0.255 e. The summed E-state index contributed by atoms with van der Waals surface area (Å²) in [4.78, 5) is 28.1. The van der Waals surface area contributed by atoms with Gasteiger partial charge in [-0.25, -0.2) is 15.0 Å². The monoisotopic (exact) mass is 339 g/mol. The molecule has 130 valence electrons. The SMILES string of the molecule is CCc1ccc2nc(Nc3nc(C)c(CCO)c(=O)[nH]3)nc(C)c2c1. The lowest BCUT2D eigenvalue weighted by molar-refractivity contribution is 0.298. The number of aliphatic hydroxyl groups excluding tert-OH is 1. The summed E-state index contributed by atoms with van der Waals surface area (Å²) in [6, 6.07) is 6.12.